The molecule has 0 rings (SSSR count). The molecule has 19 heavy (non-hydrogen) atoms. The summed E-state index contributed by atoms with van der Waals surface area (Å²) in [6.07, 6.45) is 12.7. The molecule has 0 heterocycles. The molecule has 0 bridgehead atoms. The zero-order valence-electron chi connectivity index (χ0n) is 12.9. The molecule has 0 aromatic carbocycles. The van der Waals surface area contributed by atoms with Crippen molar-refractivity contribution in [2.75, 3.05) is 20.8 Å². The van der Waals surface area contributed by atoms with Crippen LogP contribution in [0.2, 0.25) is 0 Å². The maximum absolute atomic E-state index is 11.5. The van der Waals surface area contributed by atoms with E-state index < -0.39 is 7.82 Å². The molecule has 0 amide bonds. The van der Waals surface area contributed by atoms with Crippen molar-refractivity contribution in [3.63, 3.8) is 0 Å². The van der Waals surface area contributed by atoms with Gasteiger partial charge in [-0.1, -0.05) is 64.7 Å². The number of hydrogen-bond acceptors (Lipinski definition) is 4. The van der Waals surface area contributed by atoms with Crippen LogP contribution in [-0.2, 0) is 18.1 Å². The molecule has 116 valence electrons. The minimum Gasteiger partial charge on any atom is -0.290 e. The quantitative estimate of drug-likeness (QED) is 0.321. The summed E-state index contributed by atoms with van der Waals surface area (Å²) in [5.74, 6) is 0. The number of rotatable bonds is 14. The first-order valence-electron chi connectivity index (χ1n) is 7.54. The Kier molecular flexibility index (Phi) is 13.2. The van der Waals surface area contributed by atoms with E-state index in [1.807, 2.05) is 0 Å². The van der Waals surface area contributed by atoms with E-state index in [0.29, 0.717) is 6.61 Å². The lowest BCUT2D eigenvalue weighted by atomic mass is 10.1. The fourth-order valence-electron chi connectivity index (χ4n) is 1.95. The van der Waals surface area contributed by atoms with Crippen LogP contribution < -0.4 is 0 Å². The summed E-state index contributed by atoms with van der Waals surface area (Å²) in [4.78, 5) is 0. The third-order valence-electron chi connectivity index (χ3n) is 3.19. The van der Waals surface area contributed by atoms with Crippen molar-refractivity contribution in [1.29, 1.82) is 0 Å². The molecule has 0 aliphatic rings. The van der Waals surface area contributed by atoms with Gasteiger partial charge in [-0.25, -0.2) is 4.57 Å². The Morgan fingerprint density at radius 2 is 1.16 bits per heavy atom. The van der Waals surface area contributed by atoms with Crippen LogP contribution in [0.25, 0.3) is 0 Å². The second kappa shape index (κ2) is 13.1. The zero-order valence-corrected chi connectivity index (χ0v) is 13.8. The molecule has 0 N–H and O–H groups in total. The molecule has 0 unspecified atom stereocenters. The smallest absolute Gasteiger partial charge is 0.290 e. The van der Waals surface area contributed by atoms with Gasteiger partial charge in [-0.15, -0.1) is 0 Å². The fourth-order valence-corrected chi connectivity index (χ4v) is 2.66. The van der Waals surface area contributed by atoms with Gasteiger partial charge in [-0.2, -0.15) is 0 Å². The van der Waals surface area contributed by atoms with Gasteiger partial charge >= 0.3 is 7.82 Å². The summed E-state index contributed by atoms with van der Waals surface area (Å²) >= 11 is 0. The van der Waals surface area contributed by atoms with E-state index in [2.05, 4.69) is 16.0 Å². The molecule has 5 heteroatoms. The number of phosphoric acid groups is 1. The summed E-state index contributed by atoms with van der Waals surface area (Å²) in [5, 5.41) is 0. The Labute approximate surface area is 118 Å². The molecular weight excluding hydrogens is 263 g/mol. The molecule has 0 saturated heterocycles. The van der Waals surface area contributed by atoms with Gasteiger partial charge in [0, 0.05) is 14.2 Å². The summed E-state index contributed by atoms with van der Waals surface area (Å²) < 4.78 is 26.0. The molecular formula is C14H31O4P. The third kappa shape index (κ3) is 11.6. The summed E-state index contributed by atoms with van der Waals surface area (Å²) in [7, 11) is -0.586. The van der Waals surface area contributed by atoms with Crippen molar-refractivity contribution in [1.82, 2.24) is 0 Å². The van der Waals surface area contributed by atoms with Crippen molar-refractivity contribution in [3.8, 4) is 0 Å². The lowest BCUT2D eigenvalue weighted by Crippen LogP contribution is -1.97. The second-order valence-electron chi connectivity index (χ2n) is 4.83. The highest BCUT2D eigenvalue weighted by molar-refractivity contribution is 7.48. The van der Waals surface area contributed by atoms with Gasteiger partial charge in [-0.05, 0) is 6.42 Å². The van der Waals surface area contributed by atoms with E-state index in [-0.39, 0.29) is 0 Å². The molecule has 0 atom stereocenters. The van der Waals surface area contributed by atoms with Crippen LogP contribution in [0.5, 0.6) is 0 Å². The maximum atomic E-state index is 11.5. The molecule has 0 aromatic rings. The van der Waals surface area contributed by atoms with Crippen LogP contribution in [-0.4, -0.2) is 20.8 Å². The largest absolute Gasteiger partial charge is 0.474 e. The standard InChI is InChI=1S/C14H31O4P/c1-4-5-6-7-8-9-10-11-12-13-14-18-19(15,16-2)17-3/h4-14H2,1-3H3. The Morgan fingerprint density at radius 3 is 1.58 bits per heavy atom. The van der Waals surface area contributed by atoms with Gasteiger partial charge in [0.1, 0.15) is 0 Å². The Bertz CT molecular complexity index is 225. The number of unbranched alkanes of at least 4 members (excludes halogenated alkanes) is 9. The Hall–Kier alpha value is 0.110. The molecule has 0 aliphatic heterocycles. The molecule has 0 aromatic heterocycles. The maximum Gasteiger partial charge on any atom is 0.474 e. The van der Waals surface area contributed by atoms with Crippen LogP contribution in [0.15, 0.2) is 0 Å². The highest BCUT2D eigenvalue weighted by Gasteiger charge is 2.21. The summed E-state index contributed by atoms with van der Waals surface area (Å²) in [6.45, 7) is 2.68. The molecule has 0 fully saturated rings. The molecule has 0 spiro atoms. The van der Waals surface area contributed by atoms with E-state index in [4.69, 9.17) is 4.52 Å². The topological polar surface area (TPSA) is 44.8 Å². The van der Waals surface area contributed by atoms with Crippen molar-refractivity contribution in [2.45, 2.75) is 71.1 Å². The average molecular weight is 294 g/mol. The molecule has 0 saturated carbocycles. The predicted molar refractivity (Wildman–Crippen MR) is 79.4 cm³/mol. The van der Waals surface area contributed by atoms with Crippen LogP contribution in [0.3, 0.4) is 0 Å². The highest BCUT2D eigenvalue weighted by Crippen LogP contribution is 2.47. The van der Waals surface area contributed by atoms with Gasteiger partial charge < -0.3 is 0 Å². The summed E-state index contributed by atoms with van der Waals surface area (Å²) in [5.41, 5.74) is 0. The second-order valence-corrected chi connectivity index (χ2v) is 6.71. The predicted octanol–water partition coefficient (Wildman–Crippen LogP) is 5.32. The third-order valence-corrected chi connectivity index (χ3v) is 4.59. The fraction of sp³-hybridized carbons (Fsp3) is 1.00. The lowest BCUT2D eigenvalue weighted by Gasteiger charge is -2.12. The van der Waals surface area contributed by atoms with Gasteiger partial charge in [0.05, 0.1) is 6.61 Å². The van der Waals surface area contributed by atoms with Gasteiger partial charge in [0.2, 0.25) is 0 Å². The first kappa shape index (κ1) is 19.1. The van der Waals surface area contributed by atoms with E-state index in [1.54, 1.807) is 0 Å². The van der Waals surface area contributed by atoms with Crippen LogP contribution in [0.1, 0.15) is 71.1 Å². The Balaban J connectivity index is 3.21. The minimum absolute atomic E-state index is 0.440. The van der Waals surface area contributed by atoms with Gasteiger partial charge in [0.15, 0.2) is 0 Å². The lowest BCUT2D eigenvalue weighted by molar-refractivity contribution is 0.150. The van der Waals surface area contributed by atoms with Crippen molar-refractivity contribution >= 4 is 7.82 Å². The van der Waals surface area contributed by atoms with Crippen molar-refractivity contribution in [3.05, 3.63) is 0 Å². The normalized spacial score (nSPS) is 11.9. The van der Waals surface area contributed by atoms with Crippen molar-refractivity contribution < 1.29 is 18.1 Å². The number of hydrogen-bond donors (Lipinski definition) is 0. The van der Waals surface area contributed by atoms with E-state index in [1.165, 1.54) is 65.6 Å². The van der Waals surface area contributed by atoms with Crippen LogP contribution >= 0.6 is 7.82 Å². The van der Waals surface area contributed by atoms with Gasteiger partial charge in [0.25, 0.3) is 0 Å². The SMILES string of the molecule is CCCCCCCCCCCCOP(=O)(OC)OC. The molecule has 0 aliphatic carbocycles. The monoisotopic (exact) mass is 294 g/mol. The van der Waals surface area contributed by atoms with E-state index >= 15 is 0 Å². The molecule has 0 radical (unpaired) electrons. The van der Waals surface area contributed by atoms with E-state index in [9.17, 15) is 4.57 Å². The van der Waals surface area contributed by atoms with Crippen LogP contribution in [0, 0.1) is 0 Å². The highest BCUT2D eigenvalue weighted by atomic mass is 31.2. The number of phosphoric ester groups is 1. The zero-order chi connectivity index (χ0) is 14.4. The van der Waals surface area contributed by atoms with Crippen molar-refractivity contribution in [2.24, 2.45) is 0 Å². The van der Waals surface area contributed by atoms with Gasteiger partial charge in [-0.3, -0.25) is 13.6 Å². The van der Waals surface area contributed by atoms with E-state index in [0.717, 1.165) is 12.8 Å². The molecule has 4 nitrogen and oxygen atoms in total. The first-order chi connectivity index (χ1) is 9.18. The minimum atomic E-state index is -3.26. The first-order valence-corrected chi connectivity index (χ1v) is 9.00. The van der Waals surface area contributed by atoms with Crippen LogP contribution in [0.4, 0.5) is 0 Å². The average Bonchev–Trinajstić information content (AvgIpc) is 2.44. The Morgan fingerprint density at radius 1 is 0.737 bits per heavy atom. The summed E-state index contributed by atoms with van der Waals surface area (Å²) in [6, 6.07) is 0.